The Balaban J connectivity index is 2.09. The first-order valence-corrected chi connectivity index (χ1v) is 9.45. The van der Waals surface area contributed by atoms with Crippen LogP contribution in [-0.2, 0) is 6.54 Å². The van der Waals surface area contributed by atoms with Gasteiger partial charge in [0, 0.05) is 45.4 Å². The number of methoxy groups -OCH3 is 1. The molecule has 4 heteroatoms. The van der Waals surface area contributed by atoms with Gasteiger partial charge in [0.25, 0.3) is 0 Å². The highest BCUT2D eigenvalue weighted by molar-refractivity contribution is 5.43. The van der Waals surface area contributed by atoms with E-state index in [0.29, 0.717) is 11.5 Å². The molecule has 1 aromatic carbocycles. The molecular formula is C21H36N2O2. The molecule has 0 spiro atoms. The summed E-state index contributed by atoms with van der Waals surface area (Å²) in [5.74, 6) is 0.961. The molecule has 0 radical (unpaired) electrons. The van der Waals surface area contributed by atoms with Crippen LogP contribution in [0.1, 0.15) is 43.9 Å². The highest BCUT2D eigenvalue weighted by atomic mass is 16.5. The van der Waals surface area contributed by atoms with E-state index in [1.165, 1.54) is 16.7 Å². The van der Waals surface area contributed by atoms with E-state index in [1.807, 2.05) is 0 Å². The van der Waals surface area contributed by atoms with Crippen molar-refractivity contribution >= 4 is 0 Å². The fourth-order valence-corrected chi connectivity index (χ4v) is 3.87. The number of aliphatic hydroxyl groups excluding tert-OH is 1. The summed E-state index contributed by atoms with van der Waals surface area (Å²) in [7, 11) is 1.73. The van der Waals surface area contributed by atoms with Crippen molar-refractivity contribution < 1.29 is 9.84 Å². The average molecular weight is 349 g/mol. The quantitative estimate of drug-likeness (QED) is 0.856. The molecule has 1 aliphatic heterocycles. The minimum Gasteiger partial charge on any atom is -0.496 e. The second kappa shape index (κ2) is 8.52. The Labute approximate surface area is 153 Å². The lowest BCUT2D eigenvalue weighted by Crippen LogP contribution is -2.54. The van der Waals surface area contributed by atoms with E-state index in [4.69, 9.17) is 4.74 Å². The Morgan fingerprint density at radius 3 is 2.48 bits per heavy atom. The summed E-state index contributed by atoms with van der Waals surface area (Å²) in [4.78, 5) is 5.10. The predicted octanol–water partition coefficient (Wildman–Crippen LogP) is 3.23. The molecule has 142 valence electrons. The lowest BCUT2D eigenvalue weighted by atomic mass is 9.94. The van der Waals surface area contributed by atoms with Crippen molar-refractivity contribution in [2.75, 3.05) is 39.9 Å². The van der Waals surface area contributed by atoms with Crippen LogP contribution in [0.2, 0.25) is 0 Å². The van der Waals surface area contributed by atoms with Crippen LogP contribution in [0.4, 0.5) is 0 Å². The zero-order valence-electron chi connectivity index (χ0n) is 16.9. The summed E-state index contributed by atoms with van der Waals surface area (Å²) in [6, 6.07) is 4.69. The fourth-order valence-electron chi connectivity index (χ4n) is 3.87. The second-order valence-electron chi connectivity index (χ2n) is 8.61. The Hall–Kier alpha value is -1.10. The first-order valence-electron chi connectivity index (χ1n) is 9.45. The van der Waals surface area contributed by atoms with Crippen molar-refractivity contribution in [2.24, 2.45) is 5.41 Å². The van der Waals surface area contributed by atoms with Gasteiger partial charge in [0.1, 0.15) is 5.75 Å². The number of ether oxygens (including phenoxy) is 1. The molecule has 1 aromatic rings. The predicted molar refractivity (Wildman–Crippen MR) is 104 cm³/mol. The third-order valence-corrected chi connectivity index (χ3v) is 5.29. The zero-order chi connectivity index (χ0) is 18.6. The first-order chi connectivity index (χ1) is 11.7. The van der Waals surface area contributed by atoms with E-state index in [-0.39, 0.29) is 6.61 Å². The smallest absolute Gasteiger partial charge is 0.122 e. The van der Waals surface area contributed by atoms with Gasteiger partial charge in [-0.1, -0.05) is 26.8 Å². The first kappa shape index (κ1) is 20.2. The van der Waals surface area contributed by atoms with Gasteiger partial charge in [0.05, 0.1) is 7.11 Å². The highest BCUT2D eigenvalue weighted by Crippen LogP contribution is 2.27. The van der Waals surface area contributed by atoms with Gasteiger partial charge in [-0.3, -0.25) is 9.80 Å². The molecule has 1 N–H and O–H groups in total. The Kier molecular flexibility index (Phi) is 6.89. The van der Waals surface area contributed by atoms with Crippen molar-refractivity contribution in [3.63, 3.8) is 0 Å². The molecule has 1 heterocycles. The van der Waals surface area contributed by atoms with Gasteiger partial charge in [0.2, 0.25) is 0 Å². The molecule has 2 rings (SSSR count). The number of rotatable bonds is 6. The Morgan fingerprint density at radius 2 is 1.88 bits per heavy atom. The van der Waals surface area contributed by atoms with Gasteiger partial charge in [-0.15, -0.1) is 0 Å². The van der Waals surface area contributed by atoms with Crippen LogP contribution in [-0.4, -0.2) is 60.8 Å². The van der Waals surface area contributed by atoms with E-state index in [1.54, 1.807) is 7.11 Å². The van der Waals surface area contributed by atoms with E-state index in [0.717, 1.165) is 44.9 Å². The summed E-state index contributed by atoms with van der Waals surface area (Å²) in [6.45, 7) is 16.7. The zero-order valence-corrected chi connectivity index (χ0v) is 16.9. The third kappa shape index (κ3) is 5.44. The van der Waals surface area contributed by atoms with E-state index < -0.39 is 0 Å². The van der Waals surface area contributed by atoms with Crippen LogP contribution in [0.15, 0.2) is 12.1 Å². The van der Waals surface area contributed by atoms with Crippen LogP contribution < -0.4 is 4.74 Å². The number of nitrogens with zero attached hydrogens (tertiary/aromatic N) is 2. The summed E-state index contributed by atoms with van der Waals surface area (Å²) in [5, 5.41) is 9.53. The number of aliphatic hydroxyl groups is 1. The van der Waals surface area contributed by atoms with Gasteiger partial charge >= 0.3 is 0 Å². The van der Waals surface area contributed by atoms with E-state index in [9.17, 15) is 5.11 Å². The maximum atomic E-state index is 9.53. The number of benzene rings is 1. The standard InChI is InChI=1S/C21H36N2O2/c1-16-17(2)20(25-6)8-7-18(16)13-23-11-10-22(15-21(3,4)5)14-19(23)9-12-24/h7-8,19,24H,9-15H2,1-6H3/t19-/m1/s1. The van der Waals surface area contributed by atoms with Crippen molar-refractivity contribution in [1.29, 1.82) is 0 Å². The molecule has 1 aliphatic rings. The monoisotopic (exact) mass is 348 g/mol. The van der Waals surface area contributed by atoms with Crippen molar-refractivity contribution in [3.8, 4) is 5.75 Å². The minimum atomic E-state index is 0.255. The number of hydrogen-bond acceptors (Lipinski definition) is 4. The van der Waals surface area contributed by atoms with Crippen LogP contribution in [0.5, 0.6) is 5.75 Å². The van der Waals surface area contributed by atoms with Crippen LogP contribution in [0.3, 0.4) is 0 Å². The summed E-state index contributed by atoms with van der Waals surface area (Å²) < 4.78 is 5.44. The molecule has 0 bridgehead atoms. The molecule has 0 saturated carbocycles. The highest BCUT2D eigenvalue weighted by Gasteiger charge is 2.29. The normalized spacial score (nSPS) is 20.0. The molecule has 0 aromatic heterocycles. The maximum absolute atomic E-state index is 9.53. The van der Waals surface area contributed by atoms with Crippen LogP contribution in [0, 0.1) is 19.3 Å². The molecule has 1 atom stereocenters. The Morgan fingerprint density at radius 1 is 1.16 bits per heavy atom. The molecule has 1 saturated heterocycles. The summed E-state index contributed by atoms with van der Waals surface area (Å²) in [5.41, 5.74) is 4.23. The van der Waals surface area contributed by atoms with Crippen molar-refractivity contribution in [2.45, 2.75) is 53.6 Å². The minimum absolute atomic E-state index is 0.255. The van der Waals surface area contributed by atoms with Gasteiger partial charge < -0.3 is 9.84 Å². The lowest BCUT2D eigenvalue weighted by molar-refractivity contribution is 0.0380. The summed E-state index contributed by atoms with van der Waals surface area (Å²) in [6.07, 6.45) is 0.842. The Bertz CT molecular complexity index is 566. The molecule has 0 aliphatic carbocycles. The SMILES string of the molecule is COc1ccc(CN2CCN(CC(C)(C)C)C[C@H]2CCO)c(C)c1C. The van der Waals surface area contributed by atoms with Gasteiger partial charge in [0.15, 0.2) is 0 Å². The molecule has 1 fully saturated rings. The summed E-state index contributed by atoms with van der Waals surface area (Å²) >= 11 is 0. The van der Waals surface area contributed by atoms with Gasteiger partial charge in [-0.25, -0.2) is 0 Å². The number of piperazine rings is 1. The third-order valence-electron chi connectivity index (χ3n) is 5.29. The molecule has 0 unspecified atom stereocenters. The average Bonchev–Trinajstić information content (AvgIpc) is 2.53. The van der Waals surface area contributed by atoms with Crippen molar-refractivity contribution in [3.05, 3.63) is 28.8 Å². The topological polar surface area (TPSA) is 35.9 Å². The molecular weight excluding hydrogens is 312 g/mol. The largest absolute Gasteiger partial charge is 0.496 e. The van der Waals surface area contributed by atoms with Crippen LogP contribution >= 0.6 is 0 Å². The molecule has 0 amide bonds. The molecule has 4 nitrogen and oxygen atoms in total. The van der Waals surface area contributed by atoms with E-state index in [2.05, 4.69) is 56.6 Å². The van der Waals surface area contributed by atoms with Gasteiger partial charge in [-0.05, 0) is 48.4 Å². The second-order valence-corrected chi connectivity index (χ2v) is 8.61. The van der Waals surface area contributed by atoms with Gasteiger partial charge in [-0.2, -0.15) is 0 Å². The van der Waals surface area contributed by atoms with E-state index >= 15 is 0 Å². The van der Waals surface area contributed by atoms with Crippen LogP contribution in [0.25, 0.3) is 0 Å². The number of hydrogen-bond donors (Lipinski definition) is 1. The maximum Gasteiger partial charge on any atom is 0.122 e. The van der Waals surface area contributed by atoms with Crippen molar-refractivity contribution in [1.82, 2.24) is 9.80 Å². The lowest BCUT2D eigenvalue weighted by Gasteiger charge is -2.43. The fraction of sp³-hybridized carbons (Fsp3) is 0.714. The molecule has 25 heavy (non-hydrogen) atoms.